The molecule has 0 bridgehead atoms. The van der Waals surface area contributed by atoms with Crippen LogP contribution in [0.1, 0.15) is 47.1 Å². The maximum atomic E-state index is 12.5. The summed E-state index contributed by atoms with van der Waals surface area (Å²) < 4.78 is 33.2. The largest absolute Gasteiger partial charge is 0.431 e. The molecule has 0 radical (unpaired) electrons. The molecule has 2 aromatic heterocycles. The number of rotatable bonds is 8. The van der Waals surface area contributed by atoms with Crippen LogP contribution in [0.3, 0.4) is 0 Å². The summed E-state index contributed by atoms with van der Waals surface area (Å²) in [6.45, 7) is 6.13. The second-order valence-electron chi connectivity index (χ2n) is 7.41. The van der Waals surface area contributed by atoms with E-state index in [1.54, 1.807) is 24.4 Å². The first-order chi connectivity index (χ1) is 14.7. The van der Waals surface area contributed by atoms with Crippen molar-refractivity contribution < 1.29 is 17.6 Å². The normalized spacial score (nSPS) is 11.7. The van der Waals surface area contributed by atoms with Crippen molar-refractivity contribution in [2.24, 2.45) is 0 Å². The molecule has 9 nitrogen and oxygen atoms in total. The van der Waals surface area contributed by atoms with Gasteiger partial charge in [-0.3, -0.25) is 9.78 Å². The van der Waals surface area contributed by atoms with Crippen LogP contribution in [0.25, 0.3) is 0 Å². The van der Waals surface area contributed by atoms with Crippen molar-refractivity contribution in [3.63, 3.8) is 0 Å². The summed E-state index contributed by atoms with van der Waals surface area (Å²) in [6, 6.07) is 11.3. The van der Waals surface area contributed by atoms with Crippen molar-refractivity contribution in [2.75, 3.05) is 12.4 Å². The number of oxazole rings is 1. The molecule has 164 valence electrons. The Hall–Kier alpha value is -3.24. The zero-order valence-electron chi connectivity index (χ0n) is 17.8. The Balaban J connectivity index is 1.68. The molecule has 0 saturated heterocycles. The summed E-state index contributed by atoms with van der Waals surface area (Å²) in [5.41, 5.74) is 3.31. The summed E-state index contributed by atoms with van der Waals surface area (Å²) in [5, 5.41) is 3.04. The second-order valence-corrected chi connectivity index (χ2v) is 9.18. The maximum Gasteiger partial charge on any atom is 0.304 e. The minimum Gasteiger partial charge on any atom is -0.431 e. The van der Waals surface area contributed by atoms with E-state index in [1.165, 1.54) is 7.05 Å². The third-order valence-corrected chi connectivity index (χ3v) is 6.04. The highest BCUT2D eigenvalue weighted by molar-refractivity contribution is 7.87. The van der Waals surface area contributed by atoms with Crippen LogP contribution in [0.2, 0.25) is 0 Å². The number of benzene rings is 1. The second kappa shape index (κ2) is 9.27. The highest BCUT2D eigenvalue weighted by Crippen LogP contribution is 2.25. The highest BCUT2D eigenvalue weighted by atomic mass is 32.2. The average molecular weight is 444 g/mol. The highest BCUT2D eigenvalue weighted by Gasteiger charge is 2.24. The first-order valence-electron chi connectivity index (χ1n) is 9.67. The Morgan fingerprint density at radius 2 is 2.00 bits per heavy atom. The van der Waals surface area contributed by atoms with Gasteiger partial charge in [-0.15, -0.1) is 0 Å². The van der Waals surface area contributed by atoms with Crippen molar-refractivity contribution in [1.82, 2.24) is 19.0 Å². The minimum absolute atomic E-state index is 0.0144. The number of amides is 1. The molecule has 2 heterocycles. The van der Waals surface area contributed by atoms with Crippen molar-refractivity contribution in [3.05, 3.63) is 71.4 Å². The van der Waals surface area contributed by atoms with Crippen LogP contribution >= 0.6 is 0 Å². The summed E-state index contributed by atoms with van der Waals surface area (Å²) in [5.74, 6) is -0.544. The molecule has 10 heteroatoms. The molecular formula is C21H25N5O4S. The first-order valence-corrected chi connectivity index (χ1v) is 11.1. The number of carbonyl (C=O) groups is 1. The fourth-order valence-electron chi connectivity index (χ4n) is 2.74. The van der Waals surface area contributed by atoms with Gasteiger partial charge < -0.3 is 9.73 Å². The monoisotopic (exact) mass is 443 g/mol. The van der Waals surface area contributed by atoms with E-state index < -0.39 is 16.1 Å². The molecule has 0 fully saturated rings. The van der Waals surface area contributed by atoms with Crippen molar-refractivity contribution in [2.45, 2.75) is 33.2 Å². The molecule has 0 atom stereocenters. The summed E-state index contributed by atoms with van der Waals surface area (Å²) >= 11 is 0. The van der Waals surface area contributed by atoms with E-state index in [4.69, 9.17) is 4.42 Å². The third kappa shape index (κ3) is 5.68. The lowest BCUT2D eigenvalue weighted by Crippen LogP contribution is -2.41. The van der Waals surface area contributed by atoms with Gasteiger partial charge in [0.05, 0.1) is 12.2 Å². The molecule has 3 rings (SSSR count). The van der Waals surface area contributed by atoms with Crippen molar-refractivity contribution >= 4 is 27.8 Å². The van der Waals surface area contributed by atoms with Crippen LogP contribution in [-0.4, -0.2) is 35.6 Å². The van der Waals surface area contributed by atoms with Crippen molar-refractivity contribution in [3.8, 4) is 0 Å². The molecule has 0 aliphatic carbocycles. The summed E-state index contributed by atoms with van der Waals surface area (Å²) in [7, 11) is -2.73. The molecule has 0 aliphatic rings. The number of aryl methyl sites for hydroxylation is 1. The zero-order chi connectivity index (χ0) is 22.6. The quantitative estimate of drug-likeness (QED) is 0.548. The number of nitrogens with zero attached hydrogens (tertiary/aromatic N) is 3. The number of carbonyl (C=O) groups excluding carboxylic acids is 1. The Kier molecular flexibility index (Phi) is 6.71. The fraction of sp³-hybridized carbons (Fsp3) is 0.286. The number of hydrogen-bond donors (Lipinski definition) is 2. The molecular weight excluding hydrogens is 418 g/mol. The van der Waals surface area contributed by atoms with E-state index in [9.17, 15) is 13.2 Å². The van der Waals surface area contributed by atoms with Gasteiger partial charge >= 0.3 is 10.2 Å². The van der Waals surface area contributed by atoms with Crippen molar-refractivity contribution in [1.29, 1.82) is 0 Å². The standard InChI is InChI=1S/C21H25N5O4S/c1-14(2)16-9-8-15(3)18(11-16)23-21-24-19(13-30-21)20(27)25-31(28,29)26(4)12-17-7-5-6-10-22-17/h5-11,13-14H,12H2,1-4H3,(H,23,24)(H,25,27). The molecule has 0 spiro atoms. The molecule has 0 unspecified atom stereocenters. The van der Waals surface area contributed by atoms with Gasteiger partial charge in [-0.05, 0) is 42.2 Å². The summed E-state index contributed by atoms with van der Waals surface area (Å²) in [6.07, 6.45) is 2.67. The van der Waals surface area contributed by atoms with Gasteiger partial charge in [0.25, 0.3) is 11.9 Å². The number of pyridine rings is 1. The smallest absolute Gasteiger partial charge is 0.304 e. The lowest BCUT2D eigenvalue weighted by molar-refractivity contribution is 0.0974. The third-order valence-electron chi connectivity index (χ3n) is 4.65. The fourth-order valence-corrected chi connectivity index (χ4v) is 3.53. The van der Waals surface area contributed by atoms with E-state index in [0.717, 1.165) is 27.4 Å². The predicted octanol–water partition coefficient (Wildman–Crippen LogP) is 3.35. The molecule has 0 aliphatic heterocycles. The van der Waals surface area contributed by atoms with Crippen LogP contribution in [0.15, 0.2) is 53.3 Å². The van der Waals surface area contributed by atoms with Crippen LogP contribution < -0.4 is 10.0 Å². The van der Waals surface area contributed by atoms with Crippen LogP contribution in [-0.2, 0) is 16.8 Å². The number of aromatic nitrogens is 2. The molecule has 31 heavy (non-hydrogen) atoms. The Labute approximate surface area is 181 Å². The van der Waals surface area contributed by atoms with Gasteiger partial charge in [0.2, 0.25) is 0 Å². The Morgan fingerprint density at radius 1 is 1.23 bits per heavy atom. The Morgan fingerprint density at radius 3 is 2.68 bits per heavy atom. The zero-order valence-corrected chi connectivity index (χ0v) is 18.6. The topological polar surface area (TPSA) is 117 Å². The molecule has 2 N–H and O–H groups in total. The Bertz CT molecular complexity index is 1160. The van der Waals surface area contributed by atoms with Gasteiger partial charge in [-0.25, -0.2) is 4.72 Å². The summed E-state index contributed by atoms with van der Waals surface area (Å²) in [4.78, 5) is 20.6. The van der Waals surface area contributed by atoms with Gasteiger partial charge in [0.15, 0.2) is 5.69 Å². The van der Waals surface area contributed by atoms with E-state index >= 15 is 0 Å². The van der Waals surface area contributed by atoms with Crippen LogP contribution in [0.5, 0.6) is 0 Å². The minimum atomic E-state index is -4.09. The molecule has 1 amide bonds. The molecule has 0 saturated carbocycles. The van der Waals surface area contributed by atoms with E-state index in [2.05, 4.69) is 29.1 Å². The lowest BCUT2D eigenvalue weighted by Gasteiger charge is -2.16. The van der Waals surface area contributed by atoms with Gasteiger partial charge in [0, 0.05) is 18.9 Å². The van der Waals surface area contributed by atoms with Crippen LogP contribution in [0.4, 0.5) is 11.7 Å². The van der Waals surface area contributed by atoms with Gasteiger partial charge in [-0.2, -0.15) is 17.7 Å². The maximum absolute atomic E-state index is 12.5. The van der Waals surface area contributed by atoms with E-state index in [0.29, 0.717) is 11.6 Å². The lowest BCUT2D eigenvalue weighted by atomic mass is 10.0. The van der Waals surface area contributed by atoms with E-state index in [-0.39, 0.29) is 18.3 Å². The number of hydrogen-bond acceptors (Lipinski definition) is 7. The molecule has 3 aromatic rings. The molecule has 1 aromatic carbocycles. The SMILES string of the molecule is Cc1ccc(C(C)C)cc1Nc1nc(C(=O)NS(=O)(=O)N(C)Cc2ccccn2)co1. The van der Waals surface area contributed by atoms with Gasteiger partial charge in [0.1, 0.15) is 6.26 Å². The number of nitrogens with one attached hydrogen (secondary N) is 2. The first kappa shape index (κ1) is 22.4. The van der Waals surface area contributed by atoms with Gasteiger partial charge in [-0.1, -0.05) is 32.0 Å². The number of anilines is 2. The predicted molar refractivity (Wildman–Crippen MR) is 117 cm³/mol. The van der Waals surface area contributed by atoms with Crippen LogP contribution in [0, 0.1) is 6.92 Å². The van der Waals surface area contributed by atoms with E-state index in [1.807, 2.05) is 29.8 Å². The average Bonchev–Trinajstić information content (AvgIpc) is 3.18.